The van der Waals surface area contributed by atoms with Crippen molar-refractivity contribution in [1.29, 1.82) is 0 Å². The summed E-state index contributed by atoms with van der Waals surface area (Å²) in [6, 6.07) is 3.78. The fourth-order valence-electron chi connectivity index (χ4n) is 4.18. The molecule has 3 heterocycles. The number of carbonyl (C=O) groups excluding carboxylic acids is 1. The molecule has 2 aliphatic heterocycles. The highest BCUT2D eigenvalue weighted by molar-refractivity contribution is 7.15. The van der Waals surface area contributed by atoms with Crippen LogP contribution in [-0.2, 0) is 5.41 Å². The zero-order valence-electron chi connectivity index (χ0n) is 16.1. The van der Waals surface area contributed by atoms with E-state index in [1.54, 1.807) is 18.1 Å². The second-order valence-corrected chi connectivity index (χ2v) is 9.22. The third-order valence-electron chi connectivity index (χ3n) is 5.67. The predicted molar refractivity (Wildman–Crippen MR) is 112 cm³/mol. The van der Waals surface area contributed by atoms with Crippen LogP contribution in [0.15, 0.2) is 18.3 Å². The van der Waals surface area contributed by atoms with Crippen molar-refractivity contribution in [2.45, 2.75) is 32.0 Å². The number of nitrogens with one attached hydrogen (secondary N) is 2. The molecule has 0 bridgehead atoms. The van der Waals surface area contributed by atoms with E-state index in [0.717, 1.165) is 34.7 Å². The van der Waals surface area contributed by atoms with E-state index in [0.29, 0.717) is 23.2 Å². The summed E-state index contributed by atoms with van der Waals surface area (Å²) in [5.41, 5.74) is 2.64. The molecular weight excluding hydrogens is 398 g/mol. The topological polar surface area (TPSA) is 80.7 Å². The van der Waals surface area contributed by atoms with Crippen LogP contribution < -0.4 is 15.5 Å². The standard InChI is InChI=1S/C19H24ClN5O2S/c1-11-6-15-13(7-14(11)20)19(4-5-24(9-19)17(26)21-3)10-25(15)18(27)23-16-22-8-12(2)28-16/h6-8,17,21,26H,4-5,9-10H2,1-3H3,(H,22,23,27)/t17?,19-/m1/s1. The SMILES string of the molecule is CNC(O)N1CC[C@]2(CN(C(=O)Nc3ncc(C)s3)c3cc(C)c(Cl)cc32)C1. The van der Waals surface area contributed by atoms with Crippen molar-refractivity contribution in [3.8, 4) is 0 Å². The van der Waals surface area contributed by atoms with Crippen LogP contribution in [0.2, 0.25) is 5.02 Å². The number of nitrogens with zero attached hydrogens (tertiary/aromatic N) is 3. The van der Waals surface area contributed by atoms with Gasteiger partial charge in [-0.05, 0) is 50.6 Å². The van der Waals surface area contributed by atoms with Gasteiger partial charge in [-0.2, -0.15) is 0 Å². The summed E-state index contributed by atoms with van der Waals surface area (Å²) >= 11 is 7.89. The molecule has 2 aromatic rings. The van der Waals surface area contributed by atoms with E-state index >= 15 is 0 Å². The minimum absolute atomic E-state index is 0.193. The smallest absolute Gasteiger partial charge is 0.328 e. The van der Waals surface area contributed by atoms with Gasteiger partial charge in [0.05, 0.1) is 0 Å². The Bertz CT molecular complexity index is 920. The van der Waals surface area contributed by atoms with Crippen molar-refractivity contribution in [3.63, 3.8) is 0 Å². The van der Waals surface area contributed by atoms with Crippen molar-refractivity contribution in [1.82, 2.24) is 15.2 Å². The molecular formula is C19H24ClN5O2S. The molecule has 4 rings (SSSR count). The van der Waals surface area contributed by atoms with Crippen LogP contribution in [0.5, 0.6) is 0 Å². The Morgan fingerprint density at radius 2 is 2.18 bits per heavy atom. The van der Waals surface area contributed by atoms with Crippen molar-refractivity contribution in [3.05, 3.63) is 39.4 Å². The lowest BCUT2D eigenvalue weighted by Crippen LogP contribution is -2.46. The fourth-order valence-corrected chi connectivity index (χ4v) is 5.00. The Labute approximate surface area is 173 Å². The van der Waals surface area contributed by atoms with Crippen molar-refractivity contribution in [2.75, 3.05) is 36.9 Å². The molecule has 2 amide bonds. The second-order valence-electron chi connectivity index (χ2n) is 7.57. The number of anilines is 2. The van der Waals surface area contributed by atoms with Crippen molar-refractivity contribution < 1.29 is 9.90 Å². The molecule has 1 saturated heterocycles. The summed E-state index contributed by atoms with van der Waals surface area (Å²) in [5, 5.41) is 17.3. The normalized spacial score (nSPS) is 22.7. The van der Waals surface area contributed by atoms with E-state index in [1.165, 1.54) is 11.3 Å². The number of thiazole rings is 1. The number of aliphatic hydroxyl groups is 1. The van der Waals surface area contributed by atoms with Gasteiger partial charge >= 0.3 is 6.03 Å². The molecule has 2 aliphatic rings. The van der Waals surface area contributed by atoms with Gasteiger partial charge in [-0.15, -0.1) is 11.3 Å². The highest BCUT2D eigenvalue weighted by atomic mass is 35.5. The molecule has 1 aromatic carbocycles. The first-order chi connectivity index (χ1) is 13.3. The summed E-state index contributed by atoms with van der Waals surface area (Å²) in [6.07, 6.45) is 1.89. The molecule has 2 atom stereocenters. The maximum atomic E-state index is 13.1. The van der Waals surface area contributed by atoms with E-state index in [4.69, 9.17) is 11.6 Å². The maximum Gasteiger partial charge on any atom is 0.328 e. The van der Waals surface area contributed by atoms with Gasteiger partial charge in [-0.3, -0.25) is 20.4 Å². The van der Waals surface area contributed by atoms with Gasteiger partial charge in [-0.25, -0.2) is 9.78 Å². The number of hydrogen-bond donors (Lipinski definition) is 3. The van der Waals surface area contributed by atoms with Gasteiger partial charge in [-0.1, -0.05) is 11.6 Å². The first-order valence-corrected chi connectivity index (χ1v) is 10.4. The summed E-state index contributed by atoms with van der Waals surface area (Å²) in [4.78, 5) is 22.1. The Morgan fingerprint density at radius 3 is 2.86 bits per heavy atom. The van der Waals surface area contributed by atoms with E-state index < -0.39 is 6.35 Å². The van der Waals surface area contributed by atoms with Gasteiger partial charge in [0.2, 0.25) is 0 Å². The average Bonchev–Trinajstić information content (AvgIpc) is 3.35. The fraction of sp³-hybridized carbons (Fsp3) is 0.474. The molecule has 28 heavy (non-hydrogen) atoms. The monoisotopic (exact) mass is 421 g/mol. The van der Waals surface area contributed by atoms with Gasteiger partial charge < -0.3 is 5.11 Å². The van der Waals surface area contributed by atoms with Crippen molar-refractivity contribution in [2.24, 2.45) is 0 Å². The third-order valence-corrected chi connectivity index (χ3v) is 6.90. The Morgan fingerprint density at radius 1 is 1.39 bits per heavy atom. The van der Waals surface area contributed by atoms with Crippen LogP contribution in [-0.4, -0.2) is 54.1 Å². The summed E-state index contributed by atoms with van der Waals surface area (Å²) < 4.78 is 0. The van der Waals surface area contributed by atoms with Crippen LogP contribution in [0, 0.1) is 13.8 Å². The predicted octanol–water partition coefficient (Wildman–Crippen LogP) is 2.90. The Hall–Kier alpha value is -1.71. The highest BCUT2D eigenvalue weighted by Crippen LogP contribution is 2.48. The van der Waals surface area contributed by atoms with Crippen LogP contribution in [0.1, 0.15) is 22.4 Å². The number of carbonyl (C=O) groups is 1. The lowest BCUT2D eigenvalue weighted by atomic mass is 9.81. The van der Waals surface area contributed by atoms with Crippen LogP contribution >= 0.6 is 22.9 Å². The van der Waals surface area contributed by atoms with Crippen molar-refractivity contribution >= 4 is 39.8 Å². The van der Waals surface area contributed by atoms with Crippen LogP contribution in [0.3, 0.4) is 0 Å². The second kappa shape index (κ2) is 7.27. The molecule has 0 saturated carbocycles. The number of likely N-dealkylation sites (tertiary alicyclic amines) is 1. The molecule has 150 valence electrons. The number of rotatable bonds is 3. The van der Waals surface area contributed by atoms with Gasteiger partial charge in [0.1, 0.15) is 0 Å². The molecule has 0 aliphatic carbocycles. The minimum Gasteiger partial charge on any atom is -0.365 e. The molecule has 7 nitrogen and oxygen atoms in total. The zero-order valence-corrected chi connectivity index (χ0v) is 17.7. The lowest BCUT2D eigenvalue weighted by Gasteiger charge is -2.27. The number of hydrogen-bond acceptors (Lipinski definition) is 6. The largest absolute Gasteiger partial charge is 0.365 e. The highest BCUT2D eigenvalue weighted by Gasteiger charge is 2.50. The first-order valence-electron chi connectivity index (χ1n) is 9.24. The molecule has 3 N–H and O–H groups in total. The number of aromatic nitrogens is 1. The Balaban J connectivity index is 1.67. The summed E-state index contributed by atoms with van der Waals surface area (Å²) in [6.45, 7) is 5.85. The van der Waals surface area contributed by atoms with Gasteiger partial charge in [0, 0.05) is 46.8 Å². The average molecular weight is 422 g/mol. The number of aliphatic hydroxyl groups excluding tert-OH is 1. The minimum atomic E-state index is -0.704. The number of fused-ring (bicyclic) bond motifs is 2. The molecule has 1 fully saturated rings. The summed E-state index contributed by atoms with van der Waals surface area (Å²) in [5.74, 6) is 0. The van der Waals surface area contributed by atoms with E-state index in [9.17, 15) is 9.90 Å². The molecule has 1 spiro atoms. The van der Waals surface area contributed by atoms with Gasteiger partial charge in [0.15, 0.2) is 11.5 Å². The number of benzene rings is 1. The maximum absolute atomic E-state index is 13.1. The zero-order chi connectivity index (χ0) is 20.1. The first kappa shape index (κ1) is 19.6. The lowest BCUT2D eigenvalue weighted by molar-refractivity contribution is -0.00419. The van der Waals surface area contributed by atoms with Crippen LogP contribution in [0.4, 0.5) is 15.6 Å². The third kappa shape index (κ3) is 3.29. The molecule has 9 heteroatoms. The quantitative estimate of drug-likeness (QED) is 0.664. The molecule has 0 radical (unpaired) electrons. The molecule has 1 aromatic heterocycles. The number of amides is 2. The Kier molecular flexibility index (Phi) is 5.09. The van der Waals surface area contributed by atoms with Crippen LogP contribution in [0.25, 0.3) is 0 Å². The number of halogens is 1. The molecule has 1 unspecified atom stereocenters. The van der Waals surface area contributed by atoms with Gasteiger partial charge in [0.25, 0.3) is 0 Å². The van der Waals surface area contributed by atoms with E-state index in [2.05, 4.69) is 15.6 Å². The number of aryl methyl sites for hydroxylation is 2. The summed E-state index contributed by atoms with van der Waals surface area (Å²) in [7, 11) is 1.73. The van der Waals surface area contributed by atoms with E-state index in [-0.39, 0.29) is 11.4 Å². The number of urea groups is 1. The van der Waals surface area contributed by atoms with E-state index in [1.807, 2.05) is 30.9 Å².